The predicted octanol–water partition coefficient (Wildman–Crippen LogP) is 7.97. The molecule has 2 N–H and O–H groups in total. The highest BCUT2D eigenvalue weighted by Gasteiger charge is 2.25. The van der Waals surface area contributed by atoms with Crippen molar-refractivity contribution in [2.75, 3.05) is 16.8 Å². The largest absolute Gasteiger partial charge is 0.476 e. The summed E-state index contributed by atoms with van der Waals surface area (Å²) in [5.41, 5.74) is 5.41. The molecule has 0 spiro atoms. The number of nitrogens with zero attached hydrogens (tertiary/aromatic N) is 3. The number of aromatic carboxylic acids is 1. The molecule has 9 heteroatoms. The molecule has 4 aromatic carbocycles. The number of amides is 1. The monoisotopic (exact) mass is 612 g/mol. The van der Waals surface area contributed by atoms with Crippen molar-refractivity contribution in [2.45, 2.75) is 19.9 Å². The highest BCUT2D eigenvalue weighted by Crippen LogP contribution is 2.36. The second-order valence-corrected chi connectivity index (χ2v) is 11.8. The number of pyridine rings is 1. The highest BCUT2D eigenvalue weighted by atomic mass is 32.1. The number of benzene rings is 4. The maximum atomic E-state index is 13.5. The van der Waals surface area contributed by atoms with Crippen LogP contribution in [0, 0.1) is 6.92 Å². The minimum atomic E-state index is -1.12. The lowest BCUT2D eigenvalue weighted by Gasteiger charge is -2.31. The summed E-state index contributed by atoms with van der Waals surface area (Å²) in [6.07, 6.45) is 0.696. The first kappa shape index (κ1) is 28.2. The zero-order valence-corrected chi connectivity index (χ0v) is 25.2. The molecule has 222 valence electrons. The Balaban J connectivity index is 1.17. The SMILES string of the molecule is Cc1c(Oc2ccccc2)cccc1-c1ccc(N2CCc3cccc(C(=O)Nc4nc5ccccc5s4)c3C2)nc1C(=O)O. The predicted molar refractivity (Wildman–Crippen MR) is 177 cm³/mol. The average Bonchev–Trinajstić information content (AvgIpc) is 3.48. The molecule has 8 nitrogen and oxygen atoms in total. The number of rotatable bonds is 7. The van der Waals surface area contributed by atoms with Gasteiger partial charge in [0.05, 0.1) is 10.2 Å². The lowest BCUT2D eigenvalue weighted by Crippen LogP contribution is -2.33. The van der Waals surface area contributed by atoms with Crippen LogP contribution in [0.4, 0.5) is 10.9 Å². The first-order chi connectivity index (χ1) is 21.9. The Kier molecular flexibility index (Phi) is 7.44. The number of fused-ring (bicyclic) bond motifs is 2. The van der Waals surface area contributed by atoms with Gasteiger partial charge in [0.2, 0.25) is 0 Å². The fourth-order valence-corrected chi connectivity index (χ4v) is 6.58. The van der Waals surface area contributed by atoms with E-state index in [0.717, 1.165) is 32.5 Å². The van der Waals surface area contributed by atoms with Crippen molar-refractivity contribution in [1.29, 1.82) is 0 Å². The van der Waals surface area contributed by atoms with E-state index in [0.29, 0.717) is 53.1 Å². The number of aromatic nitrogens is 2. The van der Waals surface area contributed by atoms with Gasteiger partial charge < -0.3 is 14.7 Å². The van der Waals surface area contributed by atoms with Gasteiger partial charge in [-0.2, -0.15) is 0 Å². The number of ether oxygens (including phenoxy) is 1. The van der Waals surface area contributed by atoms with E-state index in [9.17, 15) is 14.7 Å². The van der Waals surface area contributed by atoms with Crippen LogP contribution in [0.5, 0.6) is 11.5 Å². The van der Waals surface area contributed by atoms with Crippen molar-refractivity contribution >= 4 is 44.4 Å². The molecular formula is C36H28N4O4S. The Bertz CT molecular complexity index is 2040. The van der Waals surface area contributed by atoms with Gasteiger partial charge in [-0.15, -0.1) is 0 Å². The Labute approximate surface area is 263 Å². The molecule has 0 bridgehead atoms. The van der Waals surface area contributed by atoms with Gasteiger partial charge in [-0.05, 0) is 84.1 Å². The molecule has 0 saturated carbocycles. The number of carbonyl (C=O) groups excluding carboxylic acids is 1. The van der Waals surface area contributed by atoms with E-state index >= 15 is 0 Å². The summed E-state index contributed by atoms with van der Waals surface area (Å²) in [5, 5.41) is 13.8. The van der Waals surface area contributed by atoms with Crippen LogP contribution >= 0.6 is 11.3 Å². The van der Waals surface area contributed by atoms with Gasteiger partial charge in [0, 0.05) is 24.2 Å². The first-order valence-corrected chi connectivity index (χ1v) is 15.4. The summed E-state index contributed by atoms with van der Waals surface area (Å²) < 4.78 is 7.10. The van der Waals surface area contributed by atoms with Crippen LogP contribution in [0.3, 0.4) is 0 Å². The molecule has 0 fully saturated rings. The number of nitrogens with one attached hydrogen (secondary N) is 1. The third kappa shape index (κ3) is 5.61. The van der Waals surface area contributed by atoms with E-state index in [1.807, 2.05) is 115 Å². The fraction of sp³-hybridized carbons (Fsp3) is 0.111. The second-order valence-electron chi connectivity index (χ2n) is 10.8. The number of anilines is 2. The van der Waals surface area contributed by atoms with E-state index in [-0.39, 0.29) is 11.6 Å². The lowest BCUT2D eigenvalue weighted by atomic mass is 9.94. The summed E-state index contributed by atoms with van der Waals surface area (Å²) in [6.45, 7) is 2.97. The van der Waals surface area contributed by atoms with Crippen LogP contribution in [0.2, 0.25) is 0 Å². The molecule has 7 rings (SSSR count). The zero-order valence-electron chi connectivity index (χ0n) is 24.4. The fourth-order valence-electron chi connectivity index (χ4n) is 5.72. The van der Waals surface area contributed by atoms with E-state index < -0.39 is 5.97 Å². The van der Waals surface area contributed by atoms with E-state index in [1.165, 1.54) is 11.3 Å². The number of para-hydroxylation sites is 2. The molecule has 1 amide bonds. The van der Waals surface area contributed by atoms with Gasteiger partial charge in [0.25, 0.3) is 5.91 Å². The normalized spacial score (nSPS) is 12.5. The number of thiazole rings is 1. The summed E-state index contributed by atoms with van der Waals surface area (Å²) in [4.78, 5) is 37.2. The number of hydrogen-bond donors (Lipinski definition) is 2. The molecule has 45 heavy (non-hydrogen) atoms. The van der Waals surface area contributed by atoms with Gasteiger partial charge in [-0.1, -0.05) is 65.9 Å². The Morgan fingerprint density at radius 1 is 0.867 bits per heavy atom. The van der Waals surface area contributed by atoms with Crippen molar-refractivity contribution in [3.63, 3.8) is 0 Å². The Morgan fingerprint density at radius 3 is 2.49 bits per heavy atom. The van der Waals surface area contributed by atoms with E-state index in [4.69, 9.17) is 4.74 Å². The van der Waals surface area contributed by atoms with Crippen molar-refractivity contribution in [3.05, 3.63) is 131 Å². The summed E-state index contributed by atoms with van der Waals surface area (Å²) >= 11 is 1.43. The number of carbonyl (C=O) groups is 2. The summed E-state index contributed by atoms with van der Waals surface area (Å²) in [5.74, 6) is 0.536. The Morgan fingerprint density at radius 2 is 1.67 bits per heavy atom. The molecule has 1 aliphatic heterocycles. The summed E-state index contributed by atoms with van der Waals surface area (Å²) in [7, 11) is 0. The molecule has 6 aromatic rings. The third-order valence-corrected chi connectivity index (χ3v) is 8.94. The molecule has 0 radical (unpaired) electrons. The maximum Gasteiger partial charge on any atom is 0.355 e. The quantitative estimate of drug-likeness (QED) is 0.188. The standard InChI is InChI=1S/C36H28N4O4S/c1-22-25(12-8-15-30(22)44-24-10-3-2-4-11-24)26-17-18-32(38-33(26)35(42)43)40-20-19-23-9-7-13-27(28(23)21-40)34(41)39-36-37-29-14-5-6-16-31(29)45-36/h2-18H,19-21H2,1H3,(H,42,43)(H,37,39,41). The molecule has 0 aliphatic carbocycles. The lowest BCUT2D eigenvalue weighted by molar-refractivity contribution is 0.0691. The van der Waals surface area contributed by atoms with Crippen LogP contribution in [-0.2, 0) is 13.0 Å². The average molecular weight is 613 g/mol. The van der Waals surface area contributed by atoms with Crippen molar-refractivity contribution in [2.24, 2.45) is 0 Å². The van der Waals surface area contributed by atoms with Gasteiger partial charge in [-0.3, -0.25) is 10.1 Å². The van der Waals surface area contributed by atoms with Crippen LogP contribution in [0.1, 0.15) is 37.5 Å². The smallest absolute Gasteiger partial charge is 0.355 e. The van der Waals surface area contributed by atoms with E-state index in [2.05, 4.69) is 15.3 Å². The van der Waals surface area contributed by atoms with Gasteiger partial charge in [0.1, 0.15) is 17.3 Å². The van der Waals surface area contributed by atoms with Crippen LogP contribution in [0.25, 0.3) is 21.3 Å². The minimum Gasteiger partial charge on any atom is -0.476 e. The molecule has 0 unspecified atom stereocenters. The minimum absolute atomic E-state index is 0.0416. The third-order valence-electron chi connectivity index (χ3n) is 7.98. The molecule has 3 heterocycles. The molecule has 2 aromatic heterocycles. The number of carboxylic acids is 1. The van der Waals surface area contributed by atoms with Gasteiger partial charge >= 0.3 is 5.97 Å². The van der Waals surface area contributed by atoms with Crippen molar-refractivity contribution < 1.29 is 19.4 Å². The molecule has 0 atom stereocenters. The maximum absolute atomic E-state index is 13.5. The molecular weight excluding hydrogens is 584 g/mol. The number of carboxylic acid groups (broad SMARTS) is 1. The van der Waals surface area contributed by atoms with Crippen LogP contribution < -0.4 is 15.0 Å². The topological polar surface area (TPSA) is 105 Å². The van der Waals surface area contributed by atoms with Gasteiger partial charge in [-0.25, -0.2) is 14.8 Å². The van der Waals surface area contributed by atoms with E-state index in [1.54, 1.807) is 0 Å². The van der Waals surface area contributed by atoms with Crippen LogP contribution in [0.15, 0.2) is 103 Å². The van der Waals surface area contributed by atoms with Crippen LogP contribution in [-0.4, -0.2) is 33.5 Å². The van der Waals surface area contributed by atoms with Crippen molar-refractivity contribution in [3.8, 4) is 22.6 Å². The Hall–Kier alpha value is -5.54. The van der Waals surface area contributed by atoms with Gasteiger partial charge in [0.15, 0.2) is 10.8 Å². The first-order valence-electron chi connectivity index (χ1n) is 14.5. The molecule has 1 aliphatic rings. The highest BCUT2D eigenvalue weighted by molar-refractivity contribution is 7.22. The zero-order chi connectivity index (χ0) is 30.9. The van der Waals surface area contributed by atoms with Crippen molar-refractivity contribution in [1.82, 2.24) is 9.97 Å². The summed E-state index contributed by atoms with van der Waals surface area (Å²) in [6, 6.07) is 32.2. The molecule has 0 saturated heterocycles. The second kappa shape index (κ2) is 11.9. The number of hydrogen-bond acceptors (Lipinski definition) is 7.